The summed E-state index contributed by atoms with van der Waals surface area (Å²) in [5.41, 5.74) is -1.39. The summed E-state index contributed by atoms with van der Waals surface area (Å²) < 4.78 is 48.0. The summed E-state index contributed by atoms with van der Waals surface area (Å²) >= 11 is 6.03. The number of carbonyl (C=O) groups is 2. The molecule has 34 heavy (non-hydrogen) atoms. The van der Waals surface area contributed by atoms with Crippen molar-refractivity contribution in [3.63, 3.8) is 0 Å². The Morgan fingerprint density at radius 1 is 1.09 bits per heavy atom. The summed E-state index contributed by atoms with van der Waals surface area (Å²) in [5.74, 6) is -0.831. The van der Waals surface area contributed by atoms with Crippen LogP contribution in [-0.2, 0) is 11.0 Å². The number of rotatable bonds is 7. The lowest BCUT2D eigenvalue weighted by Gasteiger charge is -2.14. The van der Waals surface area contributed by atoms with Gasteiger partial charge in [-0.05, 0) is 56.3 Å². The van der Waals surface area contributed by atoms with E-state index in [0.717, 1.165) is 6.20 Å². The average Bonchev–Trinajstić information content (AvgIpc) is 3.19. The fraction of sp³-hybridized carbons (Fsp3) is 0.261. The maximum atomic E-state index is 14.0. The van der Waals surface area contributed by atoms with Crippen LogP contribution in [-0.4, -0.2) is 27.7 Å². The van der Waals surface area contributed by atoms with Crippen LogP contribution in [0.1, 0.15) is 43.2 Å². The van der Waals surface area contributed by atoms with Crippen LogP contribution < -0.4 is 15.4 Å². The molecule has 0 saturated heterocycles. The first kappa shape index (κ1) is 25.1. The maximum Gasteiger partial charge on any atom is 0.434 e. The van der Waals surface area contributed by atoms with Gasteiger partial charge in [-0.3, -0.25) is 9.59 Å². The fourth-order valence-corrected chi connectivity index (χ4v) is 3.34. The number of nitrogens with zero attached hydrogens (tertiary/aromatic N) is 2. The molecule has 0 saturated carbocycles. The van der Waals surface area contributed by atoms with E-state index in [9.17, 15) is 22.8 Å². The first-order valence-electron chi connectivity index (χ1n) is 10.3. The van der Waals surface area contributed by atoms with Gasteiger partial charge in [-0.1, -0.05) is 18.5 Å². The first-order chi connectivity index (χ1) is 16.0. The third-order valence-corrected chi connectivity index (χ3v) is 4.71. The number of halogens is 4. The van der Waals surface area contributed by atoms with Gasteiger partial charge in [-0.25, -0.2) is 4.68 Å². The van der Waals surface area contributed by atoms with Crippen molar-refractivity contribution in [2.75, 3.05) is 10.6 Å². The molecule has 180 valence electrons. The molecule has 11 heteroatoms. The molecule has 0 atom stereocenters. The molecule has 1 aromatic heterocycles. The fourth-order valence-electron chi connectivity index (χ4n) is 3.10. The third kappa shape index (κ3) is 6.07. The third-order valence-electron chi connectivity index (χ3n) is 4.50. The highest BCUT2D eigenvalue weighted by atomic mass is 35.5. The van der Waals surface area contributed by atoms with Crippen LogP contribution >= 0.6 is 11.6 Å². The van der Waals surface area contributed by atoms with Gasteiger partial charge in [-0.2, -0.15) is 18.3 Å². The number of aromatic nitrogens is 2. The quantitative estimate of drug-likeness (QED) is 0.426. The maximum absolute atomic E-state index is 14.0. The molecule has 0 aliphatic heterocycles. The molecule has 0 radical (unpaired) electrons. The summed E-state index contributed by atoms with van der Waals surface area (Å²) in [5, 5.41) is 8.96. The Kier molecular flexibility index (Phi) is 7.51. The second-order valence-corrected chi connectivity index (χ2v) is 8.00. The SMILES string of the molecule is CCC(=O)Nc1cc(Cl)cc(NC(=O)c2cnn(-c3ccc(OC(C)C)cc3)c2C(F)(F)F)c1. The first-order valence-corrected chi connectivity index (χ1v) is 10.7. The second-order valence-electron chi connectivity index (χ2n) is 7.56. The monoisotopic (exact) mass is 494 g/mol. The van der Waals surface area contributed by atoms with Crippen molar-refractivity contribution >= 4 is 34.8 Å². The van der Waals surface area contributed by atoms with Gasteiger partial charge in [0.15, 0.2) is 5.69 Å². The topological polar surface area (TPSA) is 85.3 Å². The van der Waals surface area contributed by atoms with E-state index in [1.807, 2.05) is 13.8 Å². The van der Waals surface area contributed by atoms with Gasteiger partial charge in [0.05, 0.1) is 23.6 Å². The van der Waals surface area contributed by atoms with Gasteiger partial charge in [0.2, 0.25) is 5.91 Å². The van der Waals surface area contributed by atoms with E-state index in [2.05, 4.69) is 15.7 Å². The largest absolute Gasteiger partial charge is 0.491 e. The highest BCUT2D eigenvalue weighted by Crippen LogP contribution is 2.34. The van der Waals surface area contributed by atoms with Crippen molar-refractivity contribution in [1.82, 2.24) is 9.78 Å². The number of benzene rings is 2. The molecular weight excluding hydrogens is 473 g/mol. The molecule has 0 aliphatic carbocycles. The minimum absolute atomic E-state index is 0.0983. The second kappa shape index (κ2) is 10.2. The molecule has 3 rings (SSSR count). The molecule has 0 fully saturated rings. The normalized spacial score (nSPS) is 11.4. The van der Waals surface area contributed by atoms with Gasteiger partial charge in [0.25, 0.3) is 5.91 Å². The minimum atomic E-state index is -4.87. The molecule has 7 nitrogen and oxygen atoms in total. The summed E-state index contributed by atoms with van der Waals surface area (Å²) in [4.78, 5) is 24.4. The molecule has 2 amide bonds. The summed E-state index contributed by atoms with van der Waals surface area (Å²) in [6, 6.07) is 10.1. The zero-order chi connectivity index (χ0) is 25.0. The van der Waals surface area contributed by atoms with E-state index in [1.54, 1.807) is 6.92 Å². The predicted molar refractivity (Wildman–Crippen MR) is 123 cm³/mol. The predicted octanol–water partition coefficient (Wildman–Crippen LogP) is 5.93. The van der Waals surface area contributed by atoms with Crippen LogP contribution in [0.15, 0.2) is 48.7 Å². The number of hydrogen-bond donors (Lipinski definition) is 2. The lowest BCUT2D eigenvalue weighted by atomic mass is 10.2. The Balaban J connectivity index is 1.93. The molecule has 2 N–H and O–H groups in total. The van der Waals surface area contributed by atoms with Crippen LogP contribution in [0, 0.1) is 0 Å². The summed E-state index contributed by atoms with van der Waals surface area (Å²) in [7, 11) is 0. The van der Waals surface area contributed by atoms with Crippen molar-refractivity contribution < 1.29 is 27.5 Å². The van der Waals surface area contributed by atoms with E-state index in [0.29, 0.717) is 16.1 Å². The number of nitrogens with one attached hydrogen (secondary N) is 2. The number of carbonyl (C=O) groups excluding carboxylic acids is 2. The van der Waals surface area contributed by atoms with Gasteiger partial charge >= 0.3 is 6.18 Å². The Bertz CT molecular complexity index is 1190. The number of anilines is 2. The van der Waals surface area contributed by atoms with Crippen molar-refractivity contribution in [3.8, 4) is 11.4 Å². The summed E-state index contributed by atoms with van der Waals surface area (Å²) in [6.45, 7) is 5.31. The number of ether oxygens (including phenoxy) is 1. The molecule has 2 aromatic carbocycles. The summed E-state index contributed by atoms with van der Waals surface area (Å²) in [6.07, 6.45) is -3.91. The van der Waals surface area contributed by atoms with Crippen LogP contribution in [0.25, 0.3) is 5.69 Å². The molecule has 1 heterocycles. The van der Waals surface area contributed by atoms with Crippen molar-refractivity contribution in [2.24, 2.45) is 0 Å². The molecule has 0 bridgehead atoms. The van der Waals surface area contributed by atoms with Crippen molar-refractivity contribution in [3.05, 3.63) is 64.9 Å². The van der Waals surface area contributed by atoms with Gasteiger partial charge in [0, 0.05) is 22.8 Å². The van der Waals surface area contributed by atoms with E-state index < -0.39 is 23.3 Å². The molecule has 0 aliphatic rings. The van der Waals surface area contributed by atoms with Gasteiger partial charge < -0.3 is 15.4 Å². The Labute approximate surface area is 198 Å². The number of amides is 2. The lowest BCUT2D eigenvalue weighted by Crippen LogP contribution is -2.21. The van der Waals surface area contributed by atoms with Crippen molar-refractivity contribution in [2.45, 2.75) is 39.5 Å². The van der Waals surface area contributed by atoms with Gasteiger partial charge in [0.1, 0.15) is 5.75 Å². The lowest BCUT2D eigenvalue weighted by molar-refractivity contribution is -0.143. The van der Waals surface area contributed by atoms with Crippen LogP contribution in [0.4, 0.5) is 24.5 Å². The standard InChI is InChI=1S/C23H22ClF3N4O3/c1-4-20(32)29-15-9-14(24)10-16(11-15)30-22(33)19-12-28-31(21(19)23(25,26)27)17-5-7-18(8-6-17)34-13(2)3/h5-13H,4H2,1-3H3,(H,29,32)(H,30,33). The van der Waals surface area contributed by atoms with E-state index in [-0.39, 0.29) is 34.8 Å². The van der Waals surface area contributed by atoms with E-state index in [1.165, 1.54) is 42.5 Å². The smallest absolute Gasteiger partial charge is 0.434 e. The Morgan fingerprint density at radius 2 is 1.71 bits per heavy atom. The zero-order valence-electron chi connectivity index (χ0n) is 18.5. The molecule has 0 unspecified atom stereocenters. The zero-order valence-corrected chi connectivity index (χ0v) is 19.3. The van der Waals surface area contributed by atoms with Crippen LogP contribution in [0.3, 0.4) is 0 Å². The van der Waals surface area contributed by atoms with Gasteiger partial charge in [-0.15, -0.1) is 0 Å². The minimum Gasteiger partial charge on any atom is -0.491 e. The van der Waals surface area contributed by atoms with Crippen molar-refractivity contribution in [1.29, 1.82) is 0 Å². The highest BCUT2D eigenvalue weighted by molar-refractivity contribution is 6.31. The van der Waals surface area contributed by atoms with Crippen LogP contribution in [0.5, 0.6) is 5.75 Å². The molecule has 3 aromatic rings. The average molecular weight is 495 g/mol. The highest BCUT2D eigenvalue weighted by Gasteiger charge is 2.40. The molecule has 0 spiro atoms. The Morgan fingerprint density at radius 3 is 2.26 bits per heavy atom. The molecular formula is C23H22ClF3N4O3. The van der Waals surface area contributed by atoms with E-state index >= 15 is 0 Å². The number of alkyl halides is 3. The Hall–Kier alpha value is -3.53. The number of hydrogen-bond acceptors (Lipinski definition) is 4. The van der Waals surface area contributed by atoms with E-state index in [4.69, 9.17) is 16.3 Å². The van der Waals surface area contributed by atoms with Crippen LogP contribution in [0.2, 0.25) is 5.02 Å².